The van der Waals surface area contributed by atoms with E-state index >= 15 is 0 Å². The zero-order chi connectivity index (χ0) is 10.2. The number of hydrogen-bond acceptors (Lipinski definition) is 2. The van der Waals surface area contributed by atoms with Crippen molar-refractivity contribution in [2.75, 3.05) is 26.2 Å². The Morgan fingerprint density at radius 3 is 3.07 bits per heavy atom. The van der Waals surface area contributed by atoms with Gasteiger partial charge >= 0.3 is 0 Å². The van der Waals surface area contributed by atoms with Gasteiger partial charge in [-0.2, -0.15) is 0 Å². The van der Waals surface area contributed by atoms with Crippen LogP contribution < -0.4 is 5.32 Å². The van der Waals surface area contributed by atoms with E-state index in [0.29, 0.717) is 0 Å². The van der Waals surface area contributed by atoms with Crippen molar-refractivity contribution in [1.29, 1.82) is 0 Å². The number of nitrogens with zero attached hydrogens (tertiary/aromatic N) is 1. The predicted molar refractivity (Wildman–Crippen MR) is 62.6 cm³/mol. The van der Waals surface area contributed by atoms with Crippen LogP contribution in [0.2, 0.25) is 0 Å². The van der Waals surface area contributed by atoms with Gasteiger partial charge in [0, 0.05) is 19.1 Å². The molecular weight excluding hydrogens is 172 g/mol. The average Bonchev–Trinajstić information content (AvgIpc) is 2.63. The Bertz CT molecular complexity index is 166. The van der Waals surface area contributed by atoms with Gasteiger partial charge in [-0.15, -0.1) is 0 Å². The summed E-state index contributed by atoms with van der Waals surface area (Å²) in [6.45, 7) is 9.25. The van der Waals surface area contributed by atoms with Crippen LogP contribution in [0.4, 0.5) is 0 Å². The van der Waals surface area contributed by atoms with Gasteiger partial charge in [-0.1, -0.05) is 19.1 Å². The van der Waals surface area contributed by atoms with E-state index in [1.165, 1.54) is 45.4 Å². The zero-order valence-electron chi connectivity index (χ0n) is 9.63. The third kappa shape index (κ3) is 4.25. The van der Waals surface area contributed by atoms with Crippen LogP contribution in [0.15, 0.2) is 12.2 Å². The fourth-order valence-electron chi connectivity index (χ4n) is 1.97. The minimum absolute atomic E-state index is 0.751. The lowest BCUT2D eigenvalue weighted by atomic mass is 10.2. The molecule has 1 unspecified atom stereocenters. The van der Waals surface area contributed by atoms with Crippen LogP contribution in [0.5, 0.6) is 0 Å². The number of likely N-dealkylation sites (tertiary alicyclic amines) is 1. The van der Waals surface area contributed by atoms with Crippen molar-refractivity contribution >= 4 is 0 Å². The molecule has 0 bridgehead atoms. The van der Waals surface area contributed by atoms with Crippen LogP contribution in [-0.2, 0) is 0 Å². The normalized spacial score (nSPS) is 23.7. The van der Waals surface area contributed by atoms with Crippen LogP contribution in [0.3, 0.4) is 0 Å². The molecule has 1 heterocycles. The van der Waals surface area contributed by atoms with Gasteiger partial charge in [-0.25, -0.2) is 0 Å². The first-order chi connectivity index (χ1) is 6.86. The van der Waals surface area contributed by atoms with Crippen molar-refractivity contribution in [3.8, 4) is 0 Å². The lowest BCUT2D eigenvalue weighted by Crippen LogP contribution is -2.33. The Morgan fingerprint density at radius 2 is 2.36 bits per heavy atom. The highest BCUT2D eigenvalue weighted by Gasteiger charge is 2.20. The Morgan fingerprint density at radius 1 is 1.50 bits per heavy atom. The van der Waals surface area contributed by atoms with Crippen molar-refractivity contribution in [3.63, 3.8) is 0 Å². The molecule has 14 heavy (non-hydrogen) atoms. The first-order valence-electron chi connectivity index (χ1n) is 5.93. The van der Waals surface area contributed by atoms with E-state index in [4.69, 9.17) is 0 Å². The Kier molecular flexibility index (Phi) is 5.88. The van der Waals surface area contributed by atoms with Gasteiger partial charge < -0.3 is 10.2 Å². The van der Waals surface area contributed by atoms with Gasteiger partial charge in [0.2, 0.25) is 0 Å². The van der Waals surface area contributed by atoms with Gasteiger partial charge in [0.15, 0.2) is 0 Å². The molecule has 0 amide bonds. The highest BCUT2D eigenvalue weighted by Crippen LogP contribution is 2.09. The summed E-state index contributed by atoms with van der Waals surface area (Å²) >= 11 is 0. The van der Waals surface area contributed by atoms with E-state index in [-0.39, 0.29) is 0 Å². The van der Waals surface area contributed by atoms with E-state index in [0.717, 1.165) is 6.04 Å². The third-order valence-corrected chi connectivity index (χ3v) is 2.80. The first-order valence-corrected chi connectivity index (χ1v) is 5.93. The Labute approximate surface area is 88.4 Å². The fourth-order valence-corrected chi connectivity index (χ4v) is 1.97. The molecule has 82 valence electrons. The molecule has 1 N–H and O–H groups in total. The molecular formula is C12H24N2. The number of rotatable bonds is 6. The maximum Gasteiger partial charge on any atom is 0.0207 e. The van der Waals surface area contributed by atoms with E-state index in [1.54, 1.807) is 0 Å². The second kappa shape index (κ2) is 7.02. The Balaban J connectivity index is 2.07. The summed E-state index contributed by atoms with van der Waals surface area (Å²) in [5.41, 5.74) is 0. The fraction of sp³-hybridized carbons (Fsp3) is 0.833. The second-order valence-electron chi connectivity index (χ2n) is 4.10. The van der Waals surface area contributed by atoms with Gasteiger partial charge in [0.05, 0.1) is 0 Å². The lowest BCUT2D eigenvalue weighted by Gasteiger charge is -2.15. The van der Waals surface area contributed by atoms with E-state index < -0.39 is 0 Å². The molecule has 0 aromatic heterocycles. The molecule has 1 saturated heterocycles. The molecule has 1 fully saturated rings. The molecule has 1 atom stereocenters. The molecule has 0 aliphatic carbocycles. The molecule has 2 nitrogen and oxygen atoms in total. The molecule has 0 aromatic rings. The quantitative estimate of drug-likeness (QED) is 0.654. The van der Waals surface area contributed by atoms with Crippen LogP contribution in [0, 0.1) is 0 Å². The summed E-state index contributed by atoms with van der Waals surface area (Å²) in [4.78, 5) is 2.56. The van der Waals surface area contributed by atoms with E-state index in [1.807, 2.05) is 0 Å². The first kappa shape index (κ1) is 11.7. The van der Waals surface area contributed by atoms with Gasteiger partial charge in [0.25, 0.3) is 0 Å². The molecule has 1 rings (SSSR count). The zero-order valence-corrected chi connectivity index (χ0v) is 9.63. The summed E-state index contributed by atoms with van der Waals surface area (Å²) in [6, 6.07) is 0.751. The maximum absolute atomic E-state index is 3.59. The standard InChI is InChI=1S/C12H24N2/c1-3-5-6-9-14-10-7-12(11-14)13-8-4-2/h3,5,12-13H,4,6-11H2,1-2H3/b5-3+. The lowest BCUT2D eigenvalue weighted by molar-refractivity contribution is 0.334. The van der Waals surface area contributed by atoms with Crippen molar-refractivity contribution in [2.24, 2.45) is 0 Å². The maximum atomic E-state index is 3.59. The molecule has 2 heteroatoms. The highest BCUT2D eigenvalue weighted by molar-refractivity contribution is 4.84. The summed E-state index contributed by atoms with van der Waals surface area (Å²) in [6.07, 6.45) is 8.18. The molecule has 0 radical (unpaired) electrons. The topological polar surface area (TPSA) is 15.3 Å². The minimum Gasteiger partial charge on any atom is -0.313 e. The van der Waals surface area contributed by atoms with Gasteiger partial charge in [0.1, 0.15) is 0 Å². The van der Waals surface area contributed by atoms with Crippen LogP contribution in [0.25, 0.3) is 0 Å². The van der Waals surface area contributed by atoms with Crippen molar-refractivity contribution < 1.29 is 0 Å². The molecule has 0 spiro atoms. The smallest absolute Gasteiger partial charge is 0.0207 e. The monoisotopic (exact) mass is 196 g/mol. The van der Waals surface area contributed by atoms with Crippen LogP contribution in [-0.4, -0.2) is 37.1 Å². The van der Waals surface area contributed by atoms with Crippen molar-refractivity contribution in [3.05, 3.63) is 12.2 Å². The highest BCUT2D eigenvalue weighted by atomic mass is 15.2. The number of nitrogens with one attached hydrogen (secondary N) is 1. The van der Waals surface area contributed by atoms with Crippen molar-refractivity contribution in [1.82, 2.24) is 10.2 Å². The van der Waals surface area contributed by atoms with E-state index in [9.17, 15) is 0 Å². The second-order valence-corrected chi connectivity index (χ2v) is 4.10. The van der Waals surface area contributed by atoms with Gasteiger partial charge in [-0.3, -0.25) is 0 Å². The summed E-state index contributed by atoms with van der Waals surface area (Å²) in [7, 11) is 0. The van der Waals surface area contributed by atoms with Crippen LogP contribution in [0.1, 0.15) is 33.1 Å². The summed E-state index contributed by atoms with van der Waals surface area (Å²) in [5, 5.41) is 3.59. The molecule has 1 aliphatic heterocycles. The van der Waals surface area contributed by atoms with E-state index in [2.05, 4.69) is 36.2 Å². The largest absolute Gasteiger partial charge is 0.313 e. The number of hydrogen-bond donors (Lipinski definition) is 1. The Hall–Kier alpha value is -0.340. The predicted octanol–water partition coefficient (Wildman–Crippen LogP) is 2.03. The molecule has 0 aromatic carbocycles. The summed E-state index contributed by atoms with van der Waals surface area (Å²) in [5.74, 6) is 0. The molecule has 1 aliphatic rings. The molecule has 0 saturated carbocycles. The van der Waals surface area contributed by atoms with Crippen molar-refractivity contribution in [2.45, 2.75) is 39.2 Å². The SMILES string of the molecule is C/C=C/CCN1CCC(NCCC)C1. The third-order valence-electron chi connectivity index (χ3n) is 2.80. The number of allylic oxidation sites excluding steroid dienone is 1. The minimum atomic E-state index is 0.751. The average molecular weight is 196 g/mol. The van der Waals surface area contributed by atoms with Crippen LogP contribution >= 0.6 is 0 Å². The van der Waals surface area contributed by atoms with Gasteiger partial charge in [-0.05, 0) is 39.3 Å². The summed E-state index contributed by atoms with van der Waals surface area (Å²) < 4.78 is 0.